The zero-order valence-corrected chi connectivity index (χ0v) is 9.67. The molecule has 1 heterocycles. The Labute approximate surface area is 98.3 Å². The van der Waals surface area contributed by atoms with Crippen LogP contribution in [0.2, 0.25) is 0 Å². The predicted molar refractivity (Wildman–Crippen MR) is 66.0 cm³/mol. The molecular formula is C11H10N2S2. The first kappa shape index (κ1) is 11.7. The summed E-state index contributed by atoms with van der Waals surface area (Å²) in [5, 5.41) is 10.6. The van der Waals surface area contributed by atoms with E-state index in [4.69, 9.17) is 5.41 Å². The number of aromatic nitrogens is 1. The fourth-order valence-corrected chi connectivity index (χ4v) is 1.74. The average Bonchev–Trinajstić information content (AvgIpc) is 2.73. The van der Waals surface area contributed by atoms with Crippen LogP contribution in [0.3, 0.4) is 0 Å². The van der Waals surface area contributed by atoms with E-state index in [-0.39, 0.29) is 0 Å². The second-order valence-corrected chi connectivity index (χ2v) is 3.71. The van der Waals surface area contributed by atoms with Crippen molar-refractivity contribution in [1.82, 2.24) is 0 Å². The maximum Gasteiger partial charge on any atom is 0.224 e. The van der Waals surface area contributed by atoms with Crippen molar-refractivity contribution in [2.45, 2.75) is 6.54 Å². The Morgan fingerprint density at radius 3 is 2.53 bits per heavy atom. The molecule has 2 nitrogen and oxygen atoms in total. The predicted octanol–water partition coefficient (Wildman–Crippen LogP) is 2.74. The first-order chi connectivity index (χ1) is 7.36. The molecule has 0 fully saturated rings. The Hall–Kier alpha value is -1.35. The molecule has 2 aromatic rings. The molecule has 1 aromatic heterocycles. The van der Waals surface area contributed by atoms with Crippen LogP contribution < -0.4 is 4.57 Å². The van der Waals surface area contributed by atoms with E-state index in [1.54, 1.807) is 11.3 Å². The van der Waals surface area contributed by atoms with Crippen LogP contribution in [0.4, 0.5) is 0 Å². The van der Waals surface area contributed by atoms with E-state index >= 15 is 0 Å². The van der Waals surface area contributed by atoms with Crippen LogP contribution in [0.15, 0.2) is 47.4 Å². The summed E-state index contributed by atoms with van der Waals surface area (Å²) in [4.78, 5) is 0. The van der Waals surface area contributed by atoms with Crippen LogP contribution in [-0.2, 0) is 6.54 Å². The van der Waals surface area contributed by atoms with Crippen molar-refractivity contribution in [1.29, 1.82) is 0 Å². The maximum absolute atomic E-state index is 7.13. The number of rotatable bonds is 2. The lowest BCUT2D eigenvalue weighted by Crippen LogP contribution is -2.30. The van der Waals surface area contributed by atoms with E-state index in [2.05, 4.69) is 58.1 Å². The summed E-state index contributed by atoms with van der Waals surface area (Å²) >= 11 is 5.42. The number of benzene rings is 1. The minimum Gasteiger partial charge on any atom is -0.753 e. The second kappa shape index (κ2) is 7.01. The third-order valence-electron chi connectivity index (χ3n) is 1.74. The van der Waals surface area contributed by atoms with Crippen molar-refractivity contribution < 1.29 is 4.57 Å². The monoisotopic (exact) mass is 234 g/mol. The summed E-state index contributed by atoms with van der Waals surface area (Å²) in [6, 6.07) is 10.5. The molecule has 0 N–H and O–H groups in total. The largest absolute Gasteiger partial charge is 0.753 e. The Bertz CT molecular complexity index is 403. The zero-order chi connectivity index (χ0) is 10.9. The van der Waals surface area contributed by atoms with Gasteiger partial charge in [0.25, 0.3) is 0 Å². The van der Waals surface area contributed by atoms with Gasteiger partial charge >= 0.3 is 0 Å². The quantitative estimate of drug-likeness (QED) is 0.446. The molecule has 4 heteroatoms. The van der Waals surface area contributed by atoms with Gasteiger partial charge in [-0.15, -0.1) is 0 Å². The SMILES string of the molecule is [N-]=C=S.c1ccc(C[n+]2ccsc2)cc1. The minimum absolute atomic E-state index is 0.977. The number of hydrogen-bond donors (Lipinski definition) is 0. The highest BCUT2D eigenvalue weighted by Gasteiger charge is 1.99. The van der Waals surface area contributed by atoms with Gasteiger partial charge in [-0.05, 0) is 0 Å². The van der Waals surface area contributed by atoms with Crippen LogP contribution in [0.5, 0.6) is 0 Å². The van der Waals surface area contributed by atoms with E-state index < -0.39 is 0 Å². The van der Waals surface area contributed by atoms with Crippen LogP contribution in [-0.4, -0.2) is 5.16 Å². The van der Waals surface area contributed by atoms with Crippen LogP contribution in [0.25, 0.3) is 5.41 Å². The molecule has 0 aliphatic carbocycles. The van der Waals surface area contributed by atoms with E-state index in [1.807, 2.05) is 6.07 Å². The number of thiocarbonyl (C=S) groups is 1. The summed E-state index contributed by atoms with van der Waals surface area (Å²) in [7, 11) is 0. The number of thiazole rings is 1. The van der Waals surface area contributed by atoms with E-state index in [9.17, 15) is 0 Å². The van der Waals surface area contributed by atoms with Gasteiger partial charge < -0.3 is 5.41 Å². The molecule has 0 aliphatic rings. The minimum atomic E-state index is 0.977. The highest BCUT2D eigenvalue weighted by Crippen LogP contribution is 1.98. The molecule has 0 radical (unpaired) electrons. The van der Waals surface area contributed by atoms with Crippen LogP contribution >= 0.6 is 23.6 Å². The molecule has 0 bridgehead atoms. The average molecular weight is 234 g/mol. The van der Waals surface area contributed by atoms with E-state index in [0.29, 0.717) is 0 Å². The van der Waals surface area contributed by atoms with Crippen LogP contribution in [0.1, 0.15) is 5.56 Å². The fourth-order valence-electron chi connectivity index (χ4n) is 1.15. The molecule has 2 rings (SSSR count). The third kappa shape index (κ3) is 4.61. The fraction of sp³-hybridized carbons (Fsp3) is 0.0909. The Kier molecular flexibility index (Phi) is 5.48. The summed E-state index contributed by atoms with van der Waals surface area (Å²) < 4.78 is 2.18. The topological polar surface area (TPSA) is 26.2 Å². The molecule has 1 aromatic carbocycles. The van der Waals surface area contributed by atoms with Crippen molar-refractivity contribution in [3.05, 3.63) is 58.4 Å². The van der Waals surface area contributed by atoms with Gasteiger partial charge in [0.2, 0.25) is 5.51 Å². The van der Waals surface area contributed by atoms with Gasteiger partial charge in [0.15, 0.2) is 12.7 Å². The first-order valence-corrected chi connectivity index (χ1v) is 5.68. The van der Waals surface area contributed by atoms with Gasteiger partial charge in [-0.25, -0.2) is 0 Å². The summed E-state index contributed by atoms with van der Waals surface area (Å²) in [5.74, 6) is 0. The lowest BCUT2D eigenvalue weighted by molar-refractivity contribution is -0.683. The van der Waals surface area contributed by atoms with Gasteiger partial charge in [-0.3, -0.25) is 0 Å². The molecule has 0 saturated carbocycles. The molecule has 0 amide bonds. The Morgan fingerprint density at radius 1 is 1.33 bits per heavy atom. The van der Waals surface area contributed by atoms with Crippen molar-refractivity contribution in [2.24, 2.45) is 0 Å². The molecule has 0 aliphatic heterocycles. The van der Waals surface area contributed by atoms with Crippen molar-refractivity contribution in [3.8, 4) is 0 Å². The lowest BCUT2D eigenvalue weighted by Gasteiger charge is -1.92. The van der Waals surface area contributed by atoms with Gasteiger partial charge in [-0.2, -0.15) is 9.73 Å². The molecule has 76 valence electrons. The first-order valence-electron chi connectivity index (χ1n) is 4.33. The normalized spacial score (nSPS) is 8.53. The summed E-state index contributed by atoms with van der Waals surface area (Å²) in [6.07, 6.45) is 2.09. The van der Waals surface area contributed by atoms with Crippen molar-refractivity contribution in [3.63, 3.8) is 0 Å². The number of nitrogens with zero attached hydrogens (tertiary/aromatic N) is 2. The van der Waals surface area contributed by atoms with Gasteiger partial charge in [0.05, 0.1) is 5.38 Å². The van der Waals surface area contributed by atoms with Crippen molar-refractivity contribution >= 4 is 28.7 Å². The lowest BCUT2D eigenvalue weighted by atomic mass is 10.2. The molecular weight excluding hydrogens is 224 g/mol. The van der Waals surface area contributed by atoms with E-state index in [0.717, 1.165) is 6.54 Å². The van der Waals surface area contributed by atoms with Crippen LogP contribution in [0, 0.1) is 0 Å². The van der Waals surface area contributed by atoms with E-state index in [1.165, 1.54) is 10.7 Å². The summed E-state index contributed by atoms with van der Waals surface area (Å²) in [5.41, 5.74) is 3.47. The summed E-state index contributed by atoms with van der Waals surface area (Å²) in [6.45, 7) is 0.977. The molecule has 0 atom stereocenters. The number of isothiocyanates is 1. The van der Waals surface area contributed by atoms with Crippen molar-refractivity contribution in [2.75, 3.05) is 0 Å². The maximum atomic E-state index is 7.13. The molecule has 0 spiro atoms. The molecule has 0 saturated heterocycles. The Morgan fingerprint density at radius 2 is 2.00 bits per heavy atom. The second-order valence-electron chi connectivity index (χ2n) is 2.78. The zero-order valence-electron chi connectivity index (χ0n) is 8.04. The smallest absolute Gasteiger partial charge is 0.224 e. The number of hydrogen-bond acceptors (Lipinski definition) is 2. The van der Waals surface area contributed by atoms with Gasteiger partial charge in [0, 0.05) is 5.56 Å². The van der Waals surface area contributed by atoms with Gasteiger partial charge in [-0.1, -0.05) is 53.9 Å². The molecule has 0 unspecified atom stereocenters. The standard InChI is InChI=1S/C10H10NS.CNS/c1-2-4-10(5-3-1)8-11-6-7-12-9-11;2-1-3/h1-7,9H,8H2;/q+1;-1. The third-order valence-corrected chi connectivity index (χ3v) is 2.41. The highest BCUT2D eigenvalue weighted by molar-refractivity contribution is 7.78. The molecule has 15 heavy (non-hydrogen) atoms. The van der Waals surface area contributed by atoms with Gasteiger partial charge in [0.1, 0.15) is 0 Å². The Balaban J connectivity index is 0.000000337. The highest BCUT2D eigenvalue weighted by atomic mass is 32.1.